The van der Waals surface area contributed by atoms with Gasteiger partial charge in [-0.1, -0.05) is 12.1 Å². The van der Waals surface area contributed by atoms with Gasteiger partial charge in [-0.05, 0) is 56.7 Å². The third-order valence-electron chi connectivity index (χ3n) is 6.06. The molecule has 2 N–H and O–H groups in total. The van der Waals surface area contributed by atoms with Crippen molar-refractivity contribution in [3.63, 3.8) is 0 Å². The Labute approximate surface area is 172 Å². The van der Waals surface area contributed by atoms with Crippen LogP contribution in [-0.2, 0) is 0 Å². The minimum atomic E-state index is 0.234. The number of methoxy groups -OCH3 is 1. The molecule has 2 heterocycles. The van der Waals surface area contributed by atoms with E-state index in [2.05, 4.69) is 54.1 Å². The molecule has 0 aliphatic carbocycles. The summed E-state index contributed by atoms with van der Waals surface area (Å²) < 4.78 is 5.26. The Bertz CT molecular complexity index is 1020. The first-order chi connectivity index (χ1) is 14.0. The Morgan fingerprint density at radius 1 is 1.21 bits per heavy atom. The highest BCUT2D eigenvalue weighted by Gasteiger charge is 2.29. The molecule has 1 unspecified atom stereocenters. The molecule has 0 spiro atoms. The van der Waals surface area contributed by atoms with Gasteiger partial charge in [0.25, 0.3) is 0 Å². The van der Waals surface area contributed by atoms with Crippen LogP contribution in [0.5, 0.6) is 5.75 Å². The molecule has 0 amide bonds. The number of aromatic amines is 1. The second-order valence-corrected chi connectivity index (χ2v) is 8.22. The Kier molecular flexibility index (Phi) is 5.33. The highest BCUT2D eigenvalue weighted by Crippen LogP contribution is 2.24. The summed E-state index contributed by atoms with van der Waals surface area (Å²) >= 11 is 0. The van der Waals surface area contributed by atoms with Crippen molar-refractivity contribution in [2.24, 2.45) is 0 Å². The molecule has 5 nitrogen and oxygen atoms in total. The number of piperazine rings is 1. The highest BCUT2D eigenvalue weighted by molar-refractivity contribution is 6.09. The van der Waals surface area contributed by atoms with E-state index in [1.807, 2.05) is 19.1 Å². The molecule has 2 atom stereocenters. The van der Waals surface area contributed by atoms with Gasteiger partial charge in [-0.3, -0.25) is 4.79 Å². The first kappa shape index (κ1) is 19.5. The van der Waals surface area contributed by atoms with Crippen LogP contribution in [0.4, 0.5) is 5.69 Å². The van der Waals surface area contributed by atoms with E-state index in [0.717, 1.165) is 47.5 Å². The van der Waals surface area contributed by atoms with Crippen LogP contribution in [0.2, 0.25) is 0 Å². The van der Waals surface area contributed by atoms with Crippen LogP contribution in [0, 0.1) is 13.8 Å². The van der Waals surface area contributed by atoms with Gasteiger partial charge < -0.3 is 19.5 Å². The first-order valence-electron chi connectivity index (χ1n) is 10.3. The molecular weight excluding hydrogens is 362 g/mol. The zero-order valence-corrected chi connectivity index (χ0v) is 17.7. The average Bonchev–Trinajstić information content (AvgIpc) is 3.03. The molecule has 4 rings (SSSR count). The van der Waals surface area contributed by atoms with Gasteiger partial charge in [0.05, 0.1) is 38.3 Å². The van der Waals surface area contributed by atoms with E-state index in [0.29, 0.717) is 12.6 Å². The van der Waals surface area contributed by atoms with Crippen molar-refractivity contribution in [1.29, 1.82) is 0 Å². The summed E-state index contributed by atoms with van der Waals surface area (Å²) in [6, 6.07) is 14.9. The predicted molar refractivity (Wildman–Crippen MR) is 117 cm³/mol. The van der Waals surface area contributed by atoms with Crippen molar-refractivity contribution in [2.45, 2.75) is 26.8 Å². The molecule has 3 aromatic rings. The number of aromatic nitrogens is 1. The second-order valence-electron chi connectivity index (χ2n) is 8.22. The van der Waals surface area contributed by atoms with Crippen LogP contribution < -0.4 is 14.5 Å². The predicted octanol–water partition coefficient (Wildman–Crippen LogP) is 2.77. The number of nitrogens with one attached hydrogen (secondary N) is 2. The largest absolute Gasteiger partial charge is 0.497 e. The number of hydrogen-bond donors (Lipinski definition) is 2. The SMILES string of the molecule is COc1ccc(N2CC[NH+](CC(=O)c3c(C)[nH]c4cc(C)ccc34)C[C@H]2C)cc1. The smallest absolute Gasteiger partial charge is 0.219 e. The molecule has 5 heteroatoms. The number of anilines is 1. The van der Waals surface area contributed by atoms with Crippen LogP contribution >= 0.6 is 0 Å². The number of benzene rings is 2. The van der Waals surface area contributed by atoms with Crippen LogP contribution in [-0.4, -0.2) is 50.1 Å². The summed E-state index contributed by atoms with van der Waals surface area (Å²) in [6.45, 7) is 9.73. The van der Waals surface area contributed by atoms with E-state index in [-0.39, 0.29) is 5.78 Å². The minimum absolute atomic E-state index is 0.234. The quantitative estimate of drug-likeness (QED) is 0.657. The van der Waals surface area contributed by atoms with Crippen molar-refractivity contribution in [3.8, 4) is 5.75 Å². The molecule has 1 saturated heterocycles. The number of rotatable bonds is 5. The zero-order valence-electron chi connectivity index (χ0n) is 17.7. The lowest BCUT2D eigenvalue weighted by molar-refractivity contribution is -0.894. The highest BCUT2D eigenvalue weighted by atomic mass is 16.5. The van der Waals surface area contributed by atoms with Gasteiger partial charge in [0.15, 0.2) is 0 Å². The molecule has 29 heavy (non-hydrogen) atoms. The molecule has 1 aliphatic heterocycles. The molecule has 1 aliphatic rings. The van der Waals surface area contributed by atoms with Crippen LogP contribution in [0.1, 0.15) is 28.5 Å². The summed E-state index contributed by atoms with van der Waals surface area (Å²) in [7, 11) is 1.69. The lowest BCUT2D eigenvalue weighted by Gasteiger charge is -2.38. The van der Waals surface area contributed by atoms with E-state index in [1.54, 1.807) is 7.11 Å². The third-order valence-corrected chi connectivity index (χ3v) is 6.06. The topological polar surface area (TPSA) is 49.8 Å². The monoisotopic (exact) mass is 392 g/mol. The van der Waals surface area contributed by atoms with Crippen molar-refractivity contribution < 1.29 is 14.4 Å². The summed E-state index contributed by atoms with van der Waals surface area (Å²) in [5, 5.41) is 1.04. The van der Waals surface area contributed by atoms with Crippen molar-refractivity contribution in [3.05, 3.63) is 59.3 Å². The number of quaternary nitrogens is 1. The van der Waals surface area contributed by atoms with Gasteiger partial charge in [-0.25, -0.2) is 0 Å². The number of aryl methyl sites for hydroxylation is 2. The normalized spacial score (nSPS) is 19.5. The molecule has 1 aromatic heterocycles. The molecule has 152 valence electrons. The maximum Gasteiger partial charge on any atom is 0.219 e. The first-order valence-corrected chi connectivity index (χ1v) is 10.3. The Hall–Kier alpha value is -2.79. The van der Waals surface area contributed by atoms with Gasteiger partial charge in [0, 0.05) is 22.3 Å². The molecule has 0 radical (unpaired) electrons. The van der Waals surface area contributed by atoms with Gasteiger partial charge in [-0.15, -0.1) is 0 Å². The summed E-state index contributed by atoms with van der Waals surface area (Å²) in [5.74, 6) is 1.11. The number of carbonyl (C=O) groups is 1. The van der Waals surface area contributed by atoms with Crippen LogP contribution in [0.25, 0.3) is 10.9 Å². The van der Waals surface area contributed by atoms with Crippen LogP contribution in [0.15, 0.2) is 42.5 Å². The fourth-order valence-electron chi connectivity index (χ4n) is 4.57. The number of carbonyl (C=O) groups excluding carboxylic acids is 1. The fraction of sp³-hybridized carbons (Fsp3) is 0.375. The lowest BCUT2D eigenvalue weighted by Crippen LogP contribution is -3.16. The van der Waals surface area contributed by atoms with E-state index < -0.39 is 0 Å². The molecule has 1 fully saturated rings. The Morgan fingerprint density at radius 3 is 2.66 bits per heavy atom. The molecular formula is C24H30N3O2+. The average molecular weight is 393 g/mol. The van der Waals surface area contributed by atoms with Gasteiger partial charge in [0.2, 0.25) is 5.78 Å². The van der Waals surface area contributed by atoms with Gasteiger partial charge in [-0.2, -0.15) is 0 Å². The Balaban J connectivity index is 1.45. The summed E-state index contributed by atoms with van der Waals surface area (Å²) in [5.41, 5.74) is 5.30. The van der Waals surface area contributed by atoms with E-state index in [4.69, 9.17) is 4.74 Å². The standard InChI is InChI=1S/C24H29N3O2/c1-16-5-10-21-22(13-16)25-18(3)24(21)23(28)15-26-11-12-27(17(2)14-26)19-6-8-20(29-4)9-7-19/h5-10,13,17,25H,11-12,14-15H2,1-4H3/p+1/t17-/m1/s1. The minimum Gasteiger partial charge on any atom is -0.497 e. The number of ether oxygens (including phenoxy) is 1. The maximum atomic E-state index is 13.2. The lowest BCUT2D eigenvalue weighted by atomic mass is 10.0. The number of ketones is 1. The Morgan fingerprint density at radius 2 is 1.97 bits per heavy atom. The molecule has 0 saturated carbocycles. The number of fused-ring (bicyclic) bond motifs is 1. The fourth-order valence-corrected chi connectivity index (χ4v) is 4.57. The van der Waals surface area contributed by atoms with E-state index in [9.17, 15) is 4.79 Å². The number of nitrogens with zero attached hydrogens (tertiary/aromatic N) is 1. The summed E-state index contributed by atoms with van der Waals surface area (Å²) in [6.07, 6.45) is 0. The summed E-state index contributed by atoms with van der Waals surface area (Å²) in [4.78, 5) is 20.3. The van der Waals surface area contributed by atoms with Gasteiger partial charge >= 0.3 is 0 Å². The maximum absolute atomic E-state index is 13.2. The second kappa shape index (κ2) is 7.91. The van der Waals surface area contributed by atoms with Gasteiger partial charge in [0.1, 0.15) is 12.3 Å². The third kappa shape index (κ3) is 3.87. The van der Waals surface area contributed by atoms with Crippen molar-refractivity contribution in [2.75, 3.05) is 38.2 Å². The van der Waals surface area contributed by atoms with E-state index in [1.165, 1.54) is 16.2 Å². The number of hydrogen-bond acceptors (Lipinski definition) is 3. The number of H-pyrrole nitrogens is 1. The van der Waals surface area contributed by atoms with Crippen molar-refractivity contribution in [1.82, 2.24) is 4.98 Å². The zero-order chi connectivity index (χ0) is 20.5. The number of Topliss-reactive ketones (excluding diaryl/α,β-unsaturated/α-hetero) is 1. The van der Waals surface area contributed by atoms with E-state index >= 15 is 0 Å². The van der Waals surface area contributed by atoms with Crippen molar-refractivity contribution >= 4 is 22.4 Å². The molecule has 0 bridgehead atoms. The molecule has 2 aromatic carbocycles. The van der Waals surface area contributed by atoms with Crippen LogP contribution in [0.3, 0.4) is 0 Å².